The van der Waals surface area contributed by atoms with E-state index < -0.39 is 0 Å². The first-order valence-electron chi connectivity index (χ1n) is 4.84. The van der Waals surface area contributed by atoms with Crippen molar-refractivity contribution in [3.8, 4) is 5.75 Å². The molecule has 0 radical (unpaired) electrons. The van der Waals surface area contributed by atoms with Crippen molar-refractivity contribution in [3.05, 3.63) is 44.6 Å². The Morgan fingerprint density at radius 1 is 1.41 bits per heavy atom. The van der Waals surface area contributed by atoms with Gasteiger partial charge in [0.2, 0.25) is 5.78 Å². The van der Waals surface area contributed by atoms with Crippen molar-refractivity contribution in [1.82, 2.24) is 0 Å². The summed E-state index contributed by atoms with van der Waals surface area (Å²) in [5.74, 6) is 0.566. The van der Waals surface area contributed by atoms with Crippen LogP contribution >= 0.6 is 27.3 Å². The highest BCUT2D eigenvalue weighted by molar-refractivity contribution is 9.10. The molecule has 0 atom stereocenters. The first-order chi connectivity index (χ1) is 8.13. The Morgan fingerprint density at radius 2 is 2.18 bits per heavy atom. The largest absolute Gasteiger partial charge is 0.497 e. The van der Waals surface area contributed by atoms with Gasteiger partial charge < -0.3 is 10.5 Å². The molecular formula is C12H10BrNO2S. The maximum Gasteiger partial charge on any atom is 0.206 e. The summed E-state index contributed by atoms with van der Waals surface area (Å²) in [6.45, 7) is 0. The van der Waals surface area contributed by atoms with Crippen LogP contribution in [-0.4, -0.2) is 12.9 Å². The maximum absolute atomic E-state index is 12.2. The van der Waals surface area contributed by atoms with Gasteiger partial charge in [0.15, 0.2) is 0 Å². The zero-order chi connectivity index (χ0) is 12.4. The van der Waals surface area contributed by atoms with E-state index in [1.54, 1.807) is 25.3 Å². The molecule has 0 saturated heterocycles. The average Bonchev–Trinajstić information content (AvgIpc) is 2.74. The summed E-state index contributed by atoms with van der Waals surface area (Å²) < 4.78 is 5.84. The second kappa shape index (κ2) is 4.89. The van der Waals surface area contributed by atoms with Gasteiger partial charge in [0.25, 0.3) is 0 Å². The number of thiophene rings is 1. The van der Waals surface area contributed by atoms with Crippen LogP contribution in [0.5, 0.6) is 5.75 Å². The summed E-state index contributed by atoms with van der Waals surface area (Å²) in [6.07, 6.45) is 0. The molecule has 3 nitrogen and oxygen atoms in total. The molecule has 0 bridgehead atoms. The number of nitrogens with two attached hydrogens (primary N) is 1. The molecule has 5 heteroatoms. The van der Waals surface area contributed by atoms with E-state index in [1.807, 2.05) is 11.4 Å². The zero-order valence-electron chi connectivity index (χ0n) is 9.07. The van der Waals surface area contributed by atoms with Crippen LogP contribution < -0.4 is 10.5 Å². The molecule has 0 spiro atoms. The summed E-state index contributed by atoms with van der Waals surface area (Å²) in [7, 11) is 1.56. The number of nitrogen functional groups attached to an aromatic ring is 1. The third-order valence-electron chi connectivity index (χ3n) is 2.33. The van der Waals surface area contributed by atoms with Gasteiger partial charge in [-0.05, 0) is 39.5 Å². The second-order valence-corrected chi connectivity index (χ2v) is 5.15. The van der Waals surface area contributed by atoms with E-state index in [-0.39, 0.29) is 5.78 Å². The van der Waals surface area contributed by atoms with E-state index in [0.717, 1.165) is 4.47 Å². The van der Waals surface area contributed by atoms with Gasteiger partial charge in [0.1, 0.15) is 5.75 Å². The van der Waals surface area contributed by atoms with Crippen LogP contribution in [0.4, 0.5) is 5.69 Å². The highest BCUT2D eigenvalue weighted by Gasteiger charge is 2.16. The first kappa shape index (κ1) is 12.1. The quantitative estimate of drug-likeness (QED) is 0.698. The van der Waals surface area contributed by atoms with Crippen molar-refractivity contribution in [3.63, 3.8) is 0 Å². The monoisotopic (exact) mass is 311 g/mol. The molecule has 0 aliphatic heterocycles. The minimum atomic E-state index is -0.0768. The molecule has 17 heavy (non-hydrogen) atoms. The Bertz CT molecular complexity index is 565. The lowest BCUT2D eigenvalue weighted by Gasteiger charge is -2.06. The lowest BCUT2D eigenvalue weighted by Crippen LogP contribution is -2.04. The predicted molar refractivity (Wildman–Crippen MR) is 72.9 cm³/mol. The van der Waals surface area contributed by atoms with E-state index in [2.05, 4.69) is 15.9 Å². The second-order valence-electron chi connectivity index (χ2n) is 3.38. The van der Waals surface area contributed by atoms with Crippen molar-refractivity contribution in [2.24, 2.45) is 0 Å². The van der Waals surface area contributed by atoms with Crippen LogP contribution in [0.1, 0.15) is 15.2 Å². The van der Waals surface area contributed by atoms with Gasteiger partial charge in [0.05, 0.1) is 12.0 Å². The molecule has 88 valence electrons. The van der Waals surface area contributed by atoms with Crippen molar-refractivity contribution in [1.29, 1.82) is 0 Å². The lowest BCUT2D eigenvalue weighted by atomic mass is 10.1. The predicted octanol–water partition coefficient (Wildman–Crippen LogP) is 3.33. The van der Waals surface area contributed by atoms with E-state index in [0.29, 0.717) is 21.9 Å². The number of rotatable bonds is 3. The van der Waals surface area contributed by atoms with Crippen molar-refractivity contribution < 1.29 is 9.53 Å². The summed E-state index contributed by atoms with van der Waals surface area (Å²) in [6, 6.07) is 6.90. The fraction of sp³-hybridized carbons (Fsp3) is 0.0833. The number of hydrogen-bond acceptors (Lipinski definition) is 4. The van der Waals surface area contributed by atoms with Crippen LogP contribution in [0.25, 0.3) is 0 Å². The first-order valence-corrected chi connectivity index (χ1v) is 6.52. The van der Waals surface area contributed by atoms with Gasteiger partial charge >= 0.3 is 0 Å². The number of carbonyl (C=O) groups excluding carboxylic acids is 1. The number of ketones is 1. The van der Waals surface area contributed by atoms with Crippen LogP contribution in [-0.2, 0) is 0 Å². The Hall–Kier alpha value is -1.33. The topological polar surface area (TPSA) is 52.3 Å². The normalized spacial score (nSPS) is 10.2. The smallest absolute Gasteiger partial charge is 0.206 e. The standard InChI is InChI=1S/C12H10BrNO2S/c1-16-7-2-3-8(10(14)6-7)11(15)12-9(13)4-5-17-12/h2-6H,14H2,1H3. The van der Waals surface area contributed by atoms with Crippen LogP contribution in [0, 0.1) is 0 Å². The number of anilines is 1. The minimum Gasteiger partial charge on any atom is -0.497 e. The molecule has 0 unspecified atom stereocenters. The minimum absolute atomic E-state index is 0.0768. The summed E-state index contributed by atoms with van der Waals surface area (Å²) >= 11 is 4.73. The molecule has 1 heterocycles. The third kappa shape index (κ3) is 2.35. The van der Waals surface area contributed by atoms with Gasteiger partial charge in [-0.2, -0.15) is 0 Å². The highest BCUT2D eigenvalue weighted by Crippen LogP contribution is 2.28. The summed E-state index contributed by atoms with van der Waals surface area (Å²) in [4.78, 5) is 12.9. The highest BCUT2D eigenvalue weighted by atomic mass is 79.9. The fourth-order valence-electron chi connectivity index (χ4n) is 1.45. The van der Waals surface area contributed by atoms with E-state index in [4.69, 9.17) is 10.5 Å². The van der Waals surface area contributed by atoms with Crippen LogP contribution in [0.15, 0.2) is 34.1 Å². The zero-order valence-corrected chi connectivity index (χ0v) is 11.5. The van der Waals surface area contributed by atoms with E-state index in [9.17, 15) is 4.79 Å². The molecule has 2 aromatic rings. The fourth-order valence-corrected chi connectivity index (χ4v) is 2.96. The number of benzene rings is 1. The molecule has 1 aromatic carbocycles. The number of ether oxygens (including phenoxy) is 1. The molecule has 2 rings (SSSR count). The number of carbonyl (C=O) groups is 1. The molecule has 2 N–H and O–H groups in total. The van der Waals surface area contributed by atoms with Crippen LogP contribution in [0.3, 0.4) is 0 Å². The Kier molecular flexibility index (Phi) is 3.49. The number of methoxy groups -OCH3 is 1. The molecular weight excluding hydrogens is 302 g/mol. The van der Waals surface area contributed by atoms with Crippen LogP contribution in [0.2, 0.25) is 0 Å². The van der Waals surface area contributed by atoms with E-state index in [1.165, 1.54) is 11.3 Å². The van der Waals surface area contributed by atoms with Gasteiger partial charge in [-0.15, -0.1) is 11.3 Å². The van der Waals surface area contributed by atoms with Gasteiger partial charge in [-0.3, -0.25) is 4.79 Å². The third-order valence-corrected chi connectivity index (χ3v) is 4.16. The lowest BCUT2D eigenvalue weighted by molar-refractivity contribution is 0.104. The SMILES string of the molecule is COc1ccc(C(=O)c2sccc2Br)c(N)c1. The average molecular weight is 312 g/mol. The number of hydrogen-bond donors (Lipinski definition) is 1. The van der Waals surface area contributed by atoms with E-state index >= 15 is 0 Å². The van der Waals surface area contributed by atoms with Crippen molar-refractivity contribution in [2.75, 3.05) is 12.8 Å². The van der Waals surface area contributed by atoms with Crippen molar-refractivity contribution >= 4 is 38.7 Å². The molecule has 0 aliphatic carbocycles. The summed E-state index contributed by atoms with van der Waals surface area (Å²) in [5, 5.41) is 1.86. The molecule has 0 saturated carbocycles. The number of halogens is 1. The summed E-state index contributed by atoms with van der Waals surface area (Å²) in [5.41, 5.74) is 6.76. The maximum atomic E-state index is 12.2. The molecule has 0 amide bonds. The molecule has 1 aromatic heterocycles. The van der Waals surface area contributed by atoms with Gasteiger partial charge in [-0.25, -0.2) is 0 Å². The molecule has 0 aliphatic rings. The van der Waals surface area contributed by atoms with Gasteiger partial charge in [0, 0.05) is 21.8 Å². The van der Waals surface area contributed by atoms with Crippen molar-refractivity contribution in [2.45, 2.75) is 0 Å². The Morgan fingerprint density at radius 3 is 2.71 bits per heavy atom. The molecule has 0 fully saturated rings. The Balaban J connectivity index is 2.41. The van der Waals surface area contributed by atoms with Gasteiger partial charge in [-0.1, -0.05) is 0 Å². The Labute approximate surface area is 111 Å².